The minimum absolute atomic E-state index is 0.0629. The maximum Gasteiger partial charge on any atom is 0.229 e. The molecule has 2 atom stereocenters. The molecule has 3 aromatic rings. The first-order chi connectivity index (χ1) is 16.6. The van der Waals surface area contributed by atoms with Crippen molar-refractivity contribution in [3.63, 3.8) is 0 Å². The van der Waals surface area contributed by atoms with E-state index in [9.17, 15) is 9.18 Å². The molecule has 34 heavy (non-hydrogen) atoms. The van der Waals surface area contributed by atoms with Gasteiger partial charge in [0.25, 0.3) is 0 Å². The maximum atomic E-state index is 14.6. The zero-order valence-electron chi connectivity index (χ0n) is 19.3. The van der Waals surface area contributed by atoms with Gasteiger partial charge in [-0.2, -0.15) is 0 Å². The first-order valence-corrected chi connectivity index (χ1v) is 11.5. The maximum absolute atomic E-state index is 14.6. The van der Waals surface area contributed by atoms with Crippen molar-refractivity contribution in [2.24, 2.45) is 5.92 Å². The Morgan fingerprint density at radius 1 is 0.941 bits per heavy atom. The van der Waals surface area contributed by atoms with Crippen molar-refractivity contribution in [1.82, 2.24) is 0 Å². The first-order valence-electron chi connectivity index (χ1n) is 11.5. The monoisotopic (exact) mass is 461 g/mol. The van der Waals surface area contributed by atoms with Crippen molar-refractivity contribution < 1.29 is 18.7 Å². The fourth-order valence-corrected chi connectivity index (χ4v) is 5.13. The van der Waals surface area contributed by atoms with Crippen LogP contribution in [0.2, 0.25) is 0 Å². The number of halogens is 1. The fourth-order valence-electron chi connectivity index (χ4n) is 5.13. The Labute approximate surface area is 198 Å². The molecule has 0 aliphatic carbocycles. The highest BCUT2D eigenvalue weighted by Gasteiger charge is 2.41. The molecule has 5 rings (SSSR count). The van der Waals surface area contributed by atoms with Gasteiger partial charge in [0, 0.05) is 37.1 Å². The van der Waals surface area contributed by atoms with Crippen molar-refractivity contribution in [2.45, 2.75) is 12.5 Å². The third-order valence-corrected chi connectivity index (χ3v) is 6.80. The molecule has 6 nitrogen and oxygen atoms in total. The molecule has 2 aliphatic rings. The Balaban J connectivity index is 1.44. The number of fused-ring (bicyclic) bond motifs is 3. The molecule has 7 heteroatoms. The summed E-state index contributed by atoms with van der Waals surface area (Å²) in [7, 11) is 3.15. The third kappa shape index (κ3) is 4.02. The lowest BCUT2D eigenvalue weighted by atomic mass is 9.83. The van der Waals surface area contributed by atoms with Crippen LogP contribution in [0.5, 0.6) is 11.5 Å². The summed E-state index contributed by atoms with van der Waals surface area (Å²) in [5, 5.41) is 3.07. The van der Waals surface area contributed by atoms with Crippen LogP contribution in [0, 0.1) is 11.7 Å². The van der Waals surface area contributed by atoms with Gasteiger partial charge in [0.2, 0.25) is 5.91 Å². The SMILES string of the molecule is COc1ccc(NC(=O)C2Cc3ccccc3N3CCN(c4ccccc4F)CC23)cc1OC. The lowest BCUT2D eigenvalue weighted by Crippen LogP contribution is -2.60. The van der Waals surface area contributed by atoms with Crippen molar-refractivity contribution in [3.8, 4) is 11.5 Å². The van der Waals surface area contributed by atoms with Crippen molar-refractivity contribution in [1.29, 1.82) is 0 Å². The molecule has 0 radical (unpaired) electrons. The molecule has 1 N–H and O–H groups in total. The highest BCUT2D eigenvalue weighted by atomic mass is 19.1. The molecule has 176 valence electrons. The number of nitrogens with one attached hydrogen (secondary N) is 1. The van der Waals surface area contributed by atoms with Crippen LogP contribution < -0.4 is 24.6 Å². The molecule has 0 saturated carbocycles. The van der Waals surface area contributed by atoms with Crippen LogP contribution >= 0.6 is 0 Å². The summed E-state index contributed by atoms with van der Waals surface area (Å²) >= 11 is 0. The van der Waals surface area contributed by atoms with Crippen LogP contribution in [0.25, 0.3) is 0 Å². The van der Waals surface area contributed by atoms with Gasteiger partial charge in [-0.05, 0) is 42.3 Å². The summed E-state index contributed by atoms with van der Waals surface area (Å²) in [4.78, 5) is 18.0. The number of ether oxygens (including phenoxy) is 2. The van der Waals surface area contributed by atoms with Gasteiger partial charge in [-0.15, -0.1) is 0 Å². The summed E-state index contributed by atoms with van der Waals surface area (Å²) in [5.41, 5.74) is 3.55. The molecule has 0 spiro atoms. The average Bonchev–Trinajstić information content (AvgIpc) is 2.88. The standard InChI is InChI=1S/C27H28FN3O3/c1-33-25-12-11-19(16-26(25)34-2)29-27(32)20-15-18-7-3-5-9-22(18)31-14-13-30(17-24(20)31)23-10-6-4-8-21(23)28/h3-12,16,20,24H,13-15,17H2,1-2H3,(H,29,32). The molecule has 1 fully saturated rings. The van der Waals surface area contributed by atoms with Gasteiger partial charge >= 0.3 is 0 Å². The van der Waals surface area contributed by atoms with Crippen molar-refractivity contribution in [2.75, 3.05) is 49.0 Å². The smallest absolute Gasteiger partial charge is 0.229 e. The van der Waals surface area contributed by atoms with E-state index in [2.05, 4.69) is 27.2 Å². The van der Waals surface area contributed by atoms with E-state index in [-0.39, 0.29) is 23.7 Å². The molecule has 0 bridgehead atoms. The van der Waals surface area contributed by atoms with Gasteiger partial charge in [-0.3, -0.25) is 4.79 Å². The Hall–Kier alpha value is -3.74. The number of rotatable bonds is 5. The molecule has 1 amide bonds. The zero-order chi connectivity index (χ0) is 23.7. The number of methoxy groups -OCH3 is 2. The van der Waals surface area contributed by atoms with Crippen LogP contribution in [0.3, 0.4) is 0 Å². The number of piperazine rings is 1. The van der Waals surface area contributed by atoms with Crippen LogP contribution in [0.4, 0.5) is 21.5 Å². The lowest BCUT2D eigenvalue weighted by molar-refractivity contribution is -0.120. The number of nitrogens with zero attached hydrogens (tertiary/aromatic N) is 2. The second kappa shape index (κ2) is 9.25. The fraction of sp³-hybridized carbons (Fsp3) is 0.296. The number of para-hydroxylation sites is 2. The number of amides is 1. The normalized spacial score (nSPS) is 19.1. The van der Waals surface area contributed by atoms with Crippen LogP contribution in [0.15, 0.2) is 66.7 Å². The van der Waals surface area contributed by atoms with Gasteiger partial charge < -0.3 is 24.6 Å². The van der Waals surface area contributed by atoms with Crippen LogP contribution in [-0.2, 0) is 11.2 Å². The number of carbonyl (C=O) groups excluding carboxylic acids is 1. The number of hydrogen-bond acceptors (Lipinski definition) is 5. The Morgan fingerprint density at radius 2 is 1.68 bits per heavy atom. The second-order valence-corrected chi connectivity index (χ2v) is 8.66. The van der Waals surface area contributed by atoms with E-state index in [1.165, 1.54) is 6.07 Å². The summed E-state index contributed by atoms with van der Waals surface area (Å²) in [6, 6.07) is 20.3. The van der Waals surface area contributed by atoms with Crippen molar-refractivity contribution in [3.05, 3.63) is 78.1 Å². The van der Waals surface area contributed by atoms with Crippen LogP contribution in [0.1, 0.15) is 5.56 Å². The molecule has 2 unspecified atom stereocenters. The highest BCUT2D eigenvalue weighted by molar-refractivity contribution is 5.94. The molecule has 1 saturated heterocycles. The van der Waals surface area contributed by atoms with E-state index in [1.54, 1.807) is 44.6 Å². The van der Waals surface area contributed by atoms with Gasteiger partial charge in [-0.25, -0.2) is 4.39 Å². The molecule has 2 heterocycles. The zero-order valence-corrected chi connectivity index (χ0v) is 19.3. The second-order valence-electron chi connectivity index (χ2n) is 8.66. The van der Waals surface area contributed by atoms with Crippen LogP contribution in [-0.4, -0.2) is 45.8 Å². The summed E-state index contributed by atoms with van der Waals surface area (Å²) in [6.45, 7) is 1.98. The Kier molecular flexibility index (Phi) is 6.01. The molecule has 2 aliphatic heterocycles. The predicted molar refractivity (Wildman–Crippen MR) is 132 cm³/mol. The van der Waals surface area contributed by atoms with E-state index >= 15 is 0 Å². The Morgan fingerprint density at radius 3 is 2.44 bits per heavy atom. The summed E-state index contributed by atoms with van der Waals surface area (Å²) < 4.78 is 25.2. The minimum Gasteiger partial charge on any atom is -0.493 e. The first kappa shape index (κ1) is 22.1. The summed E-state index contributed by atoms with van der Waals surface area (Å²) in [6.07, 6.45) is 0.627. The highest BCUT2D eigenvalue weighted by Crippen LogP contribution is 2.38. The molecular weight excluding hydrogens is 433 g/mol. The minimum atomic E-state index is -0.294. The number of anilines is 3. The third-order valence-electron chi connectivity index (χ3n) is 6.80. The number of hydrogen-bond donors (Lipinski definition) is 1. The van der Waals surface area contributed by atoms with Gasteiger partial charge in [0.05, 0.1) is 31.9 Å². The van der Waals surface area contributed by atoms with E-state index in [0.29, 0.717) is 42.4 Å². The number of benzene rings is 3. The van der Waals surface area contributed by atoms with E-state index < -0.39 is 0 Å². The van der Waals surface area contributed by atoms with Crippen molar-refractivity contribution >= 4 is 23.0 Å². The van der Waals surface area contributed by atoms with Gasteiger partial charge in [0.1, 0.15) is 5.82 Å². The Bertz CT molecular complexity index is 1200. The van der Waals surface area contributed by atoms with E-state index in [4.69, 9.17) is 9.47 Å². The molecule has 0 aromatic heterocycles. The number of carbonyl (C=O) groups is 1. The quantitative estimate of drug-likeness (QED) is 0.612. The van der Waals surface area contributed by atoms with E-state index in [1.807, 2.05) is 18.2 Å². The van der Waals surface area contributed by atoms with Gasteiger partial charge in [0.15, 0.2) is 11.5 Å². The lowest BCUT2D eigenvalue weighted by Gasteiger charge is -2.49. The average molecular weight is 462 g/mol. The molecule has 3 aromatic carbocycles. The van der Waals surface area contributed by atoms with E-state index in [0.717, 1.165) is 17.8 Å². The largest absolute Gasteiger partial charge is 0.493 e. The molecular formula is C27H28FN3O3. The summed E-state index contributed by atoms with van der Waals surface area (Å²) in [5.74, 6) is 0.563. The predicted octanol–water partition coefficient (Wildman–Crippen LogP) is 4.35. The topological polar surface area (TPSA) is 54.0 Å². The van der Waals surface area contributed by atoms with Gasteiger partial charge in [-0.1, -0.05) is 30.3 Å².